The van der Waals surface area contributed by atoms with E-state index < -0.39 is 33.2 Å². The van der Waals surface area contributed by atoms with Crippen LogP contribution in [0.3, 0.4) is 0 Å². The van der Waals surface area contributed by atoms with Crippen molar-refractivity contribution in [2.45, 2.75) is 30.8 Å². The summed E-state index contributed by atoms with van der Waals surface area (Å²) in [5.74, 6) is -0.0347. The van der Waals surface area contributed by atoms with Gasteiger partial charge in [0.05, 0.1) is 4.90 Å². The molecular weight excluding hydrogens is 500 g/mol. The fourth-order valence-electron chi connectivity index (χ4n) is 3.43. The molecule has 0 aliphatic rings. The maximum atomic E-state index is 13.4. The molecule has 0 saturated heterocycles. The van der Waals surface area contributed by atoms with Crippen molar-refractivity contribution in [1.82, 2.24) is 19.3 Å². The number of aromatic amines is 1. The Morgan fingerprint density at radius 2 is 1.77 bits per heavy atom. The largest absolute Gasteiger partial charge is 0.457 e. The monoisotopic (exact) mass is 522 g/mol. The SMILES string of the molecule is CCN(C(CCn1c(=O)cc(Cl)[nH]c1=O)C(=O)NO)S(=O)(=O)c1ccc(Oc2ccccc2)cc1. The number of amides is 1. The third-order valence-electron chi connectivity index (χ3n) is 5.10. The Morgan fingerprint density at radius 3 is 2.34 bits per heavy atom. The molecule has 1 heterocycles. The summed E-state index contributed by atoms with van der Waals surface area (Å²) < 4.78 is 34.0. The van der Waals surface area contributed by atoms with Gasteiger partial charge < -0.3 is 4.74 Å². The third kappa shape index (κ3) is 6.17. The first-order valence-electron chi connectivity index (χ1n) is 10.5. The molecule has 186 valence electrons. The number of sulfonamides is 1. The number of likely N-dealkylation sites (N-methyl/N-ethyl adjacent to an activating group) is 1. The number of hydrogen-bond acceptors (Lipinski definition) is 7. The molecule has 0 fully saturated rings. The zero-order valence-corrected chi connectivity index (χ0v) is 20.1. The zero-order valence-electron chi connectivity index (χ0n) is 18.5. The van der Waals surface area contributed by atoms with Gasteiger partial charge in [-0.3, -0.25) is 24.3 Å². The Kier molecular flexibility index (Phi) is 8.46. The number of carbonyl (C=O) groups excluding carboxylic acids is 1. The molecular formula is C22H23ClN4O7S. The van der Waals surface area contributed by atoms with Crippen molar-refractivity contribution in [2.75, 3.05) is 6.54 Å². The second kappa shape index (κ2) is 11.3. The molecule has 3 aromatic rings. The van der Waals surface area contributed by atoms with Crippen molar-refractivity contribution in [3.05, 3.63) is 86.7 Å². The van der Waals surface area contributed by atoms with Crippen molar-refractivity contribution >= 4 is 27.5 Å². The first-order valence-corrected chi connectivity index (χ1v) is 12.3. The highest BCUT2D eigenvalue weighted by Gasteiger charge is 2.35. The highest BCUT2D eigenvalue weighted by atomic mass is 35.5. The van der Waals surface area contributed by atoms with Gasteiger partial charge in [0.15, 0.2) is 0 Å². The highest BCUT2D eigenvalue weighted by Crippen LogP contribution is 2.25. The van der Waals surface area contributed by atoms with Crippen LogP contribution in [0.1, 0.15) is 13.3 Å². The zero-order chi connectivity index (χ0) is 25.6. The number of benzene rings is 2. The summed E-state index contributed by atoms with van der Waals surface area (Å²) in [6.45, 7) is 1.08. The van der Waals surface area contributed by atoms with E-state index in [0.717, 1.165) is 14.9 Å². The van der Waals surface area contributed by atoms with Crippen LogP contribution in [0.4, 0.5) is 0 Å². The van der Waals surface area contributed by atoms with Gasteiger partial charge in [-0.15, -0.1) is 0 Å². The maximum Gasteiger partial charge on any atom is 0.329 e. The smallest absolute Gasteiger partial charge is 0.329 e. The molecule has 3 rings (SSSR count). The van der Waals surface area contributed by atoms with Crippen LogP contribution in [0.2, 0.25) is 5.15 Å². The lowest BCUT2D eigenvalue weighted by Gasteiger charge is -2.28. The number of hydroxylamine groups is 1. The second-order valence-electron chi connectivity index (χ2n) is 7.29. The van der Waals surface area contributed by atoms with E-state index in [1.54, 1.807) is 24.3 Å². The lowest BCUT2D eigenvalue weighted by molar-refractivity contribution is -0.133. The van der Waals surface area contributed by atoms with Crippen LogP contribution in [-0.2, 0) is 21.4 Å². The number of para-hydroxylation sites is 1. The fraction of sp³-hybridized carbons (Fsp3) is 0.227. The molecule has 1 aromatic heterocycles. The van der Waals surface area contributed by atoms with E-state index in [0.29, 0.717) is 11.5 Å². The summed E-state index contributed by atoms with van der Waals surface area (Å²) in [6.07, 6.45) is -0.278. The van der Waals surface area contributed by atoms with Gasteiger partial charge in [0.25, 0.3) is 11.5 Å². The van der Waals surface area contributed by atoms with Gasteiger partial charge in [-0.1, -0.05) is 36.7 Å². The van der Waals surface area contributed by atoms with E-state index in [4.69, 9.17) is 16.3 Å². The number of H-pyrrole nitrogens is 1. The van der Waals surface area contributed by atoms with Crippen molar-refractivity contribution in [3.63, 3.8) is 0 Å². The van der Waals surface area contributed by atoms with Gasteiger partial charge in [-0.05, 0) is 42.8 Å². The number of halogens is 1. The van der Waals surface area contributed by atoms with Crippen LogP contribution in [0.5, 0.6) is 11.5 Å². The molecule has 13 heteroatoms. The van der Waals surface area contributed by atoms with Crippen molar-refractivity contribution in [3.8, 4) is 11.5 Å². The predicted molar refractivity (Wildman–Crippen MR) is 127 cm³/mol. The number of rotatable bonds is 10. The van der Waals surface area contributed by atoms with Gasteiger partial charge in [-0.2, -0.15) is 4.31 Å². The molecule has 0 aliphatic heterocycles. The van der Waals surface area contributed by atoms with Gasteiger partial charge in [0.2, 0.25) is 10.0 Å². The molecule has 35 heavy (non-hydrogen) atoms. The number of aromatic nitrogens is 2. The molecule has 1 amide bonds. The number of carbonyl (C=O) groups is 1. The van der Waals surface area contributed by atoms with Crippen LogP contribution in [0, 0.1) is 0 Å². The molecule has 0 bridgehead atoms. The average Bonchev–Trinajstić information content (AvgIpc) is 2.83. The molecule has 11 nitrogen and oxygen atoms in total. The van der Waals surface area contributed by atoms with Gasteiger partial charge in [-0.25, -0.2) is 18.7 Å². The van der Waals surface area contributed by atoms with Gasteiger partial charge in [0.1, 0.15) is 22.7 Å². The topological polar surface area (TPSA) is 151 Å². The number of hydrogen-bond donors (Lipinski definition) is 3. The van der Waals surface area contributed by atoms with E-state index in [-0.39, 0.29) is 29.6 Å². The van der Waals surface area contributed by atoms with Crippen LogP contribution >= 0.6 is 11.6 Å². The Bertz CT molecular complexity index is 1360. The average molecular weight is 523 g/mol. The quantitative estimate of drug-likeness (QED) is 0.209. The highest BCUT2D eigenvalue weighted by molar-refractivity contribution is 7.89. The minimum Gasteiger partial charge on any atom is -0.457 e. The van der Waals surface area contributed by atoms with E-state index in [1.165, 1.54) is 36.7 Å². The van der Waals surface area contributed by atoms with E-state index in [2.05, 4.69) is 4.98 Å². The summed E-state index contributed by atoms with van der Waals surface area (Å²) in [4.78, 5) is 38.7. The summed E-state index contributed by atoms with van der Waals surface area (Å²) in [5, 5.41) is 9.06. The summed E-state index contributed by atoms with van der Waals surface area (Å²) in [6, 6.07) is 14.1. The van der Waals surface area contributed by atoms with Crippen LogP contribution in [0.25, 0.3) is 0 Å². The number of ether oxygens (including phenoxy) is 1. The molecule has 3 N–H and O–H groups in total. The molecule has 0 radical (unpaired) electrons. The Morgan fingerprint density at radius 1 is 1.14 bits per heavy atom. The number of nitrogens with zero attached hydrogens (tertiary/aromatic N) is 2. The lowest BCUT2D eigenvalue weighted by Crippen LogP contribution is -2.50. The third-order valence-corrected chi connectivity index (χ3v) is 7.30. The van der Waals surface area contributed by atoms with E-state index >= 15 is 0 Å². The Labute approximate surface area is 205 Å². The lowest BCUT2D eigenvalue weighted by atomic mass is 10.2. The Balaban J connectivity index is 1.86. The molecule has 1 atom stereocenters. The molecule has 0 aliphatic carbocycles. The van der Waals surface area contributed by atoms with E-state index in [9.17, 15) is 28.0 Å². The summed E-state index contributed by atoms with van der Waals surface area (Å²) >= 11 is 5.65. The second-order valence-corrected chi connectivity index (χ2v) is 9.59. The molecule has 1 unspecified atom stereocenters. The molecule has 0 saturated carbocycles. The van der Waals surface area contributed by atoms with Crippen molar-refractivity contribution in [1.29, 1.82) is 0 Å². The van der Waals surface area contributed by atoms with Crippen LogP contribution in [-0.4, -0.2) is 46.0 Å². The van der Waals surface area contributed by atoms with Gasteiger partial charge >= 0.3 is 5.69 Å². The number of nitrogens with one attached hydrogen (secondary N) is 2. The Hall–Kier alpha value is -3.45. The predicted octanol–water partition coefficient (Wildman–Crippen LogP) is 1.96. The first-order chi connectivity index (χ1) is 16.7. The first kappa shape index (κ1) is 26.2. The molecule has 2 aromatic carbocycles. The summed E-state index contributed by atoms with van der Waals surface area (Å²) in [7, 11) is -4.22. The standard InChI is InChI=1S/C22H23ClN4O7S/c1-2-27(18(21(29)25-31)12-13-26-20(28)14-19(23)24-22(26)30)35(32,33)17-10-8-16(9-11-17)34-15-6-4-3-5-7-15/h3-11,14,18,31H,2,12-13H2,1H3,(H,24,30)(H,25,29). The fourth-order valence-corrected chi connectivity index (χ4v) is 5.23. The summed E-state index contributed by atoms with van der Waals surface area (Å²) in [5.41, 5.74) is -0.0799. The normalized spacial score (nSPS) is 12.3. The van der Waals surface area contributed by atoms with Gasteiger partial charge in [0, 0.05) is 19.2 Å². The molecule has 0 spiro atoms. The maximum absolute atomic E-state index is 13.4. The van der Waals surface area contributed by atoms with Crippen LogP contribution in [0.15, 0.2) is 75.1 Å². The van der Waals surface area contributed by atoms with Crippen LogP contribution < -0.4 is 21.5 Å². The van der Waals surface area contributed by atoms with E-state index in [1.807, 2.05) is 6.07 Å². The minimum absolute atomic E-state index is 0.114. The van der Waals surface area contributed by atoms with Crippen molar-refractivity contribution < 1.29 is 23.2 Å². The van der Waals surface area contributed by atoms with Crippen molar-refractivity contribution in [2.24, 2.45) is 0 Å². The minimum atomic E-state index is -4.22.